The minimum absolute atomic E-state index is 0.0369. The van der Waals surface area contributed by atoms with E-state index in [9.17, 15) is 14.7 Å². The summed E-state index contributed by atoms with van der Waals surface area (Å²) >= 11 is 0. The van der Waals surface area contributed by atoms with Crippen LogP contribution in [0.1, 0.15) is 65.7 Å². The van der Waals surface area contributed by atoms with Gasteiger partial charge in [0.1, 0.15) is 6.61 Å². The minimum atomic E-state index is -0.234. The maximum atomic E-state index is 12.2. The van der Waals surface area contributed by atoms with Crippen molar-refractivity contribution < 1.29 is 19.4 Å². The van der Waals surface area contributed by atoms with E-state index in [1.807, 2.05) is 6.08 Å². The molecule has 0 aromatic rings. The first-order chi connectivity index (χ1) is 12.3. The summed E-state index contributed by atoms with van der Waals surface area (Å²) in [6, 6.07) is 0. The predicted octanol–water partition coefficient (Wildman–Crippen LogP) is 3.67. The van der Waals surface area contributed by atoms with Crippen molar-refractivity contribution in [1.29, 1.82) is 0 Å². The highest BCUT2D eigenvalue weighted by Crippen LogP contribution is 2.66. The second-order valence-electron chi connectivity index (χ2n) is 9.65. The molecule has 0 spiro atoms. The largest absolute Gasteiger partial charge is 0.465 e. The molecule has 4 rings (SSSR count). The van der Waals surface area contributed by atoms with E-state index in [2.05, 4.69) is 13.8 Å². The third-order valence-electron chi connectivity index (χ3n) is 8.50. The van der Waals surface area contributed by atoms with Gasteiger partial charge in [0, 0.05) is 18.8 Å². The molecule has 0 aromatic heterocycles. The fourth-order valence-corrected chi connectivity index (χ4v) is 7.22. The van der Waals surface area contributed by atoms with Gasteiger partial charge in [0.15, 0.2) is 5.78 Å². The van der Waals surface area contributed by atoms with Crippen molar-refractivity contribution in [2.75, 3.05) is 6.61 Å². The number of carbonyl (C=O) groups is 2. The van der Waals surface area contributed by atoms with Crippen LogP contribution in [0.15, 0.2) is 11.6 Å². The molecule has 4 aliphatic carbocycles. The van der Waals surface area contributed by atoms with E-state index in [0.29, 0.717) is 36.7 Å². The van der Waals surface area contributed by atoms with Crippen LogP contribution in [0.5, 0.6) is 0 Å². The Balaban J connectivity index is 1.74. The molecule has 0 heterocycles. The number of ether oxygens (including phenoxy) is 1. The summed E-state index contributed by atoms with van der Waals surface area (Å²) < 4.78 is 5.59. The smallest absolute Gasteiger partial charge is 0.302 e. The Hall–Kier alpha value is -1.16. The molecule has 0 bridgehead atoms. The molecule has 4 aliphatic rings. The van der Waals surface area contributed by atoms with Crippen LogP contribution in [0.25, 0.3) is 0 Å². The summed E-state index contributed by atoms with van der Waals surface area (Å²) in [6.07, 6.45) is 8.28. The Morgan fingerprint density at radius 3 is 2.77 bits per heavy atom. The number of fused-ring (bicyclic) bond motifs is 5. The molecule has 0 saturated heterocycles. The van der Waals surface area contributed by atoms with Crippen LogP contribution in [0.4, 0.5) is 0 Å². The molecular weight excluding hydrogens is 328 g/mol. The molecular formula is C22H32O4. The van der Waals surface area contributed by atoms with Crippen molar-refractivity contribution >= 4 is 11.8 Å². The first kappa shape index (κ1) is 18.2. The van der Waals surface area contributed by atoms with Gasteiger partial charge in [0.2, 0.25) is 0 Å². The third-order valence-corrected chi connectivity index (χ3v) is 8.50. The molecule has 0 radical (unpaired) electrons. The molecule has 2 unspecified atom stereocenters. The van der Waals surface area contributed by atoms with Gasteiger partial charge in [-0.15, -0.1) is 0 Å². The van der Waals surface area contributed by atoms with Gasteiger partial charge in [-0.2, -0.15) is 0 Å². The molecule has 3 fully saturated rings. The van der Waals surface area contributed by atoms with Crippen molar-refractivity contribution in [3.63, 3.8) is 0 Å². The van der Waals surface area contributed by atoms with Crippen LogP contribution in [-0.2, 0) is 14.3 Å². The number of esters is 1. The fraction of sp³-hybridized carbons (Fsp3) is 0.818. The summed E-state index contributed by atoms with van der Waals surface area (Å²) in [4.78, 5) is 23.8. The molecule has 4 nitrogen and oxygen atoms in total. The lowest BCUT2D eigenvalue weighted by atomic mass is 9.45. The molecule has 26 heavy (non-hydrogen) atoms. The first-order valence-electron chi connectivity index (χ1n) is 10.3. The van der Waals surface area contributed by atoms with E-state index in [1.165, 1.54) is 12.5 Å². The van der Waals surface area contributed by atoms with E-state index in [0.717, 1.165) is 38.5 Å². The number of aliphatic hydroxyl groups excluding tert-OH is 1. The summed E-state index contributed by atoms with van der Waals surface area (Å²) in [5.74, 6) is 1.90. The summed E-state index contributed by atoms with van der Waals surface area (Å²) in [7, 11) is 0. The maximum Gasteiger partial charge on any atom is 0.302 e. The minimum Gasteiger partial charge on any atom is -0.465 e. The van der Waals surface area contributed by atoms with Crippen molar-refractivity contribution in [2.24, 2.45) is 34.5 Å². The van der Waals surface area contributed by atoms with E-state index in [1.54, 1.807) is 0 Å². The Labute approximate surface area is 156 Å². The normalized spacial score (nSPS) is 47.5. The lowest BCUT2D eigenvalue weighted by Crippen LogP contribution is -2.55. The second-order valence-corrected chi connectivity index (χ2v) is 9.65. The zero-order valence-corrected chi connectivity index (χ0v) is 16.3. The van der Waals surface area contributed by atoms with E-state index in [-0.39, 0.29) is 28.7 Å². The maximum absolute atomic E-state index is 12.2. The van der Waals surface area contributed by atoms with Gasteiger partial charge in [-0.25, -0.2) is 0 Å². The Morgan fingerprint density at radius 1 is 1.27 bits per heavy atom. The zero-order valence-electron chi connectivity index (χ0n) is 16.3. The van der Waals surface area contributed by atoms with Crippen LogP contribution < -0.4 is 0 Å². The number of ketones is 1. The summed E-state index contributed by atoms with van der Waals surface area (Å²) in [6.45, 7) is 6.41. The Kier molecular flexibility index (Phi) is 4.33. The van der Waals surface area contributed by atoms with Gasteiger partial charge in [0.25, 0.3) is 0 Å². The van der Waals surface area contributed by atoms with Gasteiger partial charge >= 0.3 is 5.97 Å². The SMILES string of the molecule is CC(=O)OC[C@]12CCC(=O)C=C1C(C)C[C@@H]1[C@H]2CC[C@]2(C)C(O)CC[C@@H]12. The van der Waals surface area contributed by atoms with Crippen molar-refractivity contribution in [1.82, 2.24) is 0 Å². The standard InChI is InChI=1S/C22H32O4/c1-13-10-16-17-4-5-20(25)21(17,3)8-7-18(16)22(12-26-14(2)23)9-6-15(24)11-19(13)22/h11,13,16-18,20,25H,4-10,12H2,1-3H3/t13?,16-,17-,18+,20?,21-,22-/m0/s1. The van der Waals surface area contributed by atoms with Crippen LogP contribution >= 0.6 is 0 Å². The molecule has 0 aromatic carbocycles. The van der Waals surface area contributed by atoms with E-state index < -0.39 is 0 Å². The van der Waals surface area contributed by atoms with Gasteiger partial charge in [-0.1, -0.05) is 19.4 Å². The summed E-state index contributed by atoms with van der Waals surface area (Å²) in [5.41, 5.74) is 1.10. The number of hydrogen-bond acceptors (Lipinski definition) is 4. The van der Waals surface area contributed by atoms with Crippen molar-refractivity contribution in [3.8, 4) is 0 Å². The molecule has 7 atom stereocenters. The highest BCUT2D eigenvalue weighted by molar-refractivity contribution is 5.91. The second kappa shape index (κ2) is 6.19. The van der Waals surface area contributed by atoms with Gasteiger partial charge in [-0.05, 0) is 73.7 Å². The number of rotatable bonds is 2. The van der Waals surface area contributed by atoms with E-state index in [4.69, 9.17) is 4.74 Å². The fourth-order valence-electron chi connectivity index (χ4n) is 7.22. The van der Waals surface area contributed by atoms with Crippen molar-refractivity contribution in [3.05, 3.63) is 11.6 Å². The molecule has 3 saturated carbocycles. The number of carbonyl (C=O) groups excluding carboxylic acids is 2. The molecule has 4 heteroatoms. The summed E-state index contributed by atoms with van der Waals surface area (Å²) in [5, 5.41) is 10.6. The Morgan fingerprint density at radius 2 is 2.04 bits per heavy atom. The van der Waals surface area contributed by atoms with Crippen LogP contribution in [0.3, 0.4) is 0 Å². The van der Waals surface area contributed by atoms with Gasteiger partial charge in [-0.3, -0.25) is 9.59 Å². The monoisotopic (exact) mass is 360 g/mol. The van der Waals surface area contributed by atoms with E-state index >= 15 is 0 Å². The number of hydrogen-bond donors (Lipinski definition) is 1. The quantitative estimate of drug-likeness (QED) is 0.763. The zero-order chi connectivity index (χ0) is 18.7. The predicted molar refractivity (Wildman–Crippen MR) is 98.2 cm³/mol. The first-order valence-corrected chi connectivity index (χ1v) is 10.3. The topological polar surface area (TPSA) is 63.6 Å². The number of aliphatic hydroxyl groups is 1. The van der Waals surface area contributed by atoms with Crippen LogP contribution in [0, 0.1) is 34.5 Å². The van der Waals surface area contributed by atoms with Gasteiger partial charge < -0.3 is 9.84 Å². The lowest BCUT2D eigenvalue weighted by molar-refractivity contribution is -0.151. The Bertz CT molecular complexity index is 653. The average molecular weight is 360 g/mol. The third kappa shape index (κ3) is 2.51. The lowest BCUT2D eigenvalue weighted by Gasteiger charge is -2.59. The van der Waals surface area contributed by atoms with Crippen LogP contribution in [-0.4, -0.2) is 29.6 Å². The van der Waals surface area contributed by atoms with Crippen molar-refractivity contribution in [2.45, 2.75) is 71.8 Å². The molecule has 144 valence electrons. The highest BCUT2D eigenvalue weighted by Gasteiger charge is 2.61. The molecule has 0 aliphatic heterocycles. The average Bonchev–Trinajstić information content (AvgIpc) is 2.90. The molecule has 1 N–H and O–H groups in total. The van der Waals surface area contributed by atoms with Crippen LogP contribution in [0.2, 0.25) is 0 Å². The van der Waals surface area contributed by atoms with Gasteiger partial charge in [0.05, 0.1) is 6.10 Å². The highest BCUT2D eigenvalue weighted by atomic mass is 16.5. The molecule has 0 amide bonds.